The van der Waals surface area contributed by atoms with Crippen LogP contribution in [0.15, 0.2) is 0 Å². The predicted molar refractivity (Wildman–Crippen MR) is 43.3 cm³/mol. The van der Waals surface area contributed by atoms with Crippen molar-refractivity contribution in [1.29, 1.82) is 0 Å². The fraction of sp³-hybridized carbons (Fsp3) is 0.714. The molecule has 58 valence electrons. The van der Waals surface area contributed by atoms with Gasteiger partial charge in [-0.1, -0.05) is 6.92 Å². The van der Waals surface area contributed by atoms with Crippen molar-refractivity contribution in [2.45, 2.75) is 26.0 Å². The van der Waals surface area contributed by atoms with Crippen LogP contribution in [-0.4, -0.2) is 22.6 Å². The van der Waals surface area contributed by atoms with Gasteiger partial charge < -0.3 is 0 Å². The zero-order valence-corrected chi connectivity index (χ0v) is 7.33. The van der Waals surface area contributed by atoms with E-state index in [1.54, 1.807) is 0 Å². The molecule has 0 rings (SSSR count). The fourth-order valence-electron chi connectivity index (χ4n) is 0.688. The topological polar surface area (TPSA) is 34.1 Å². The van der Waals surface area contributed by atoms with Crippen molar-refractivity contribution in [2.75, 3.05) is 5.75 Å². The van der Waals surface area contributed by atoms with E-state index in [0.29, 0.717) is 0 Å². The largest absolute Gasteiger partial charge is 0.298 e. The fourth-order valence-corrected chi connectivity index (χ4v) is 1.49. The number of hydrogen-bond acceptors (Lipinski definition) is 3. The van der Waals surface area contributed by atoms with Gasteiger partial charge in [0.05, 0.1) is 0 Å². The smallest absolute Gasteiger partial charge is 0.150 e. The minimum absolute atomic E-state index is 0.0423. The maximum atomic E-state index is 10.7. The van der Waals surface area contributed by atoms with Gasteiger partial charge in [-0.2, -0.15) is 0 Å². The number of hydrogen-bond donors (Lipinski definition) is 0. The minimum Gasteiger partial charge on any atom is -0.298 e. The van der Waals surface area contributed by atoms with E-state index < -0.39 is 5.25 Å². The summed E-state index contributed by atoms with van der Waals surface area (Å²) in [6, 6.07) is 0. The second-order valence-corrected chi connectivity index (χ2v) is 3.44. The lowest BCUT2D eigenvalue weighted by Crippen LogP contribution is -2.22. The van der Waals surface area contributed by atoms with Gasteiger partial charge in [-0.05, 0) is 19.6 Å². The molecule has 0 atom stereocenters. The number of thioether (sulfide) groups is 1. The summed E-state index contributed by atoms with van der Waals surface area (Å²) in [5.74, 6) is 0.725. The van der Waals surface area contributed by atoms with Gasteiger partial charge in [-0.3, -0.25) is 9.59 Å². The van der Waals surface area contributed by atoms with Crippen LogP contribution in [0.3, 0.4) is 0 Å². The summed E-state index contributed by atoms with van der Waals surface area (Å²) in [6.07, 6.45) is 0. The number of Topliss-reactive ketones (excluding diaryl/α,β-unsaturated/α-hetero) is 2. The lowest BCUT2D eigenvalue weighted by molar-refractivity contribution is -0.123. The first-order valence-electron chi connectivity index (χ1n) is 3.22. The van der Waals surface area contributed by atoms with E-state index in [2.05, 4.69) is 0 Å². The van der Waals surface area contributed by atoms with Gasteiger partial charge in [-0.25, -0.2) is 0 Å². The SMILES string of the molecule is CCSC(C(C)=O)C(C)=O. The summed E-state index contributed by atoms with van der Waals surface area (Å²) in [5.41, 5.74) is 0. The Morgan fingerprint density at radius 2 is 1.70 bits per heavy atom. The number of rotatable bonds is 4. The second-order valence-electron chi connectivity index (χ2n) is 2.06. The van der Waals surface area contributed by atoms with Gasteiger partial charge in [0.2, 0.25) is 0 Å². The van der Waals surface area contributed by atoms with Gasteiger partial charge >= 0.3 is 0 Å². The van der Waals surface area contributed by atoms with E-state index >= 15 is 0 Å². The van der Waals surface area contributed by atoms with Crippen LogP contribution in [0, 0.1) is 0 Å². The molecule has 0 N–H and O–H groups in total. The lowest BCUT2D eigenvalue weighted by Gasteiger charge is -2.06. The van der Waals surface area contributed by atoms with E-state index in [-0.39, 0.29) is 11.6 Å². The number of ketones is 2. The zero-order chi connectivity index (χ0) is 8.15. The Bertz CT molecular complexity index is 129. The van der Waals surface area contributed by atoms with Crippen LogP contribution in [0.25, 0.3) is 0 Å². The highest BCUT2D eigenvalue weighted by molar-refractivity contribution is 8.01. The van der Waals surface area contributed by atoms with Crippen molar-refractivity contribution in [3.05, 3.63) is 0 Å². The molecule has 0 aromatic heterocycles. The molecule has 0 aliphatic heterocycles. The molecule has 0 aromatic carbocycles. The van der Waals surface area contributed by atoms with Crippen LogP contribution < -0.4 is 0 Å². The van der Waals surface area contributed by atoms with Crippen LogP contribution in [0.5, 0.6) is 0 Å². The van der Waals surface area contributed by atoms with Crippen LogP contribution in [0.4, 0.5) is 0 Å². The average Bonchev–Trinajstić information content (AvgIpc) is 1.81. The van der Waals surface area contributed by atoms with E-state index in [4.69, 9.17) is 0 Å². The molecule has 0 saturated carbocycles. The molecule has 0 bridgehead atoms. The Morgan fingerprint density at radius 3 is 1.80 bits per heavy atom. The molecule has 10 heavy (non-hydrogen) atoms. The molecule has 0 amide bonds. The quantitative estimate of drug-likeness (QED) is 0.581. The summed E-state index contributed by atoms with van der Waals surface area (Å²) in [7, 11) is 0. The Morgan fingerprint density at radius 1 is 1.30 bits per heavy atom. The molecule has 0 radical (unpaired) electrons. The molecule has 0 aromatic rings. The third-order valence-corrected chi connectivity index (χ3v) is 2.40. The molecule has 0 heterocycles. The Kier molecular flexibility index (Phi) is 4.36. The maximum absolute atomic E-state index is 10.7. The molecule has 2 nitrogen and oxygen atoms in total. The monoisotopic (exact) mass is 160 g/mol. The van der Waals surface area contributed by atoms with E-state index in [1.165, 1.54) is 25.6 Å². The summed E-state index contributed by atoms with van der Waals surface area (Å²) < 4.78 is 0. The van der Waals surface area contributed by atoms with E-state index in [9.17, 15) is 9.59 Å². The lowest BCUT2D eigenvalue weighted by atomic mass is 10.2. The van der Waals surface area contributed by atoms with Crippen molar-refractivity contribution in [3.63, 3.8) is 0 Å². The zero-order valence-electron chi connectivity index (χ0n) is 6.51. The molecule has 3 heteroatoms. The first-order chi connectivity index (χ1) is 4.59. The highest BCUT2D eigenvalue weighted by Gasteiger charge is 2.17. The van der Waals surface area contributed by atoms with E-state index in [0.717, 1.165) is 5.75 Å². The summed E-state index contributed by atoms with van der Waals surface area (Å²) in [5, 5.41) is -0.426. The van der Waals surface area contributed by atoms with Gasteiger partial charge in [0.1, 0.15) is 16.8 Å². The Hall–Kier alpha value is -0.310. The van der Waals surface area contributed by atoms with Gasteiger partial charge in [0, 0.05) is 0 Å². The third kappa shape index (κ3) is 3.01. The summed E-state index contributed by atoms with van der Waals surface area (Å²) in [6.45, 7) is 4.84. The summed E-state index contributed by atoms with van der Waals surface area (Å²) in [4.78, 5) is 21.5. The highest BCUT2D eigenvalue weighted by atomic mass is 32.2. The molecular formula is C7H12O2S. The second kappa shape index (κ2) is 4.50. The summed E-state index contributed by atoms with van der Waals surface area (Å²) >= 11 is 1.39. The van der Waals surface area contributed by atoms with Gasteiger partial charge in [0.15, 0.2) is 0 Å². The normalized spacial score (nSPS) is 10.0. The first kappa shape index (κ1) is 9.69. The van der Waals surface area contributed by atoms with Crippen molar-refractivity contribution in [3.8, 4) is 0 Å². The number of carbonyl (C=O) groups excluding carboxylic acids is 2. The van der Waals surface area contributed by atoms with Crippen LogP contribution in [0.1, 0.15) is 20.8 Å². The van der Waals surface area contributed by atoms with Gasteiger partial charge in [-0.15, -0.1) is 11.8 Å². The molecule has 0 aliphatic carbocycles. The number of carbonyl (C=O) groups is 2. The average molecular weight is 160 g/mol. The molecule has 0 aliphatic rings. The minimum atomic E-state index is -0.426. The molecule has 0 saturated heterocycles. The van der Waals surface area contributed by atoms with Crippen molar-refractivity contribution in [2.24, 2.45) is 0 Å². The van der Waals surface area contributed by atoms with Crippen molar-refractivity contribution in [1.82, 2.24) is 0 Å². The van der Waals surface area contributed by atoms with E-state index in [1.807, 2.05) is 6.92 Å². The first-order valence-corrected chi connectivity index (χ1v) is 4.27. The standard InChI is InChI=1S/C7H12O2S/c1-4-10-7(5(2)8)6(3)9/h7H,4H2,1-3H3. The third-order valence-electron chi connectivity index (χ3n) is 1.07. The maximum Gasteiger partial charge on any atom is 0.150 e. The molecular weight excluding hydrogens is 148 g/mol. The molecule has 0 spiro atoms. The van der Waals surface area contributed by atoms with Crippen molar-refractivity contribution < 1.29 is 9.59 Å². The predicted octanol–water partition coefficient (Wildman–Crippen LogP) is 1.29. The van der Waals surface area contributed by atoms with Gasteiger partial charge in [0.25, 0.3) is 0 Å². The van der Waals surface area contributed by atoms with Crippen LogP contribution in [-0.2, 0) is 9.59 Å². The Balaban J connectivity index is 3.98. The molecule has 0 unspecified atom stereocenters. The molecule has 0 fully saturated rings. The van der Waals surface area contributed by atoms with Crippen LogP contribution >= 0.6 is 11.8 Å². The Labute approximate surface area is 65.4 Å². The van der Waals surface area contributed by atoms with Crippen molar-refractivity contribution >= 4 is 23.3 Å². The highest BCUT2D eigenvalue weighted by Crippen LogP contribution is 2.11. The van der Waals surface area contributed by atoms with Crippen LogP contribution in [0.2, 0.25) is 0 Å².